The third-order valence-electron chi connectivity index (χ3n) is 3.65. The first-order valence-corrected chi connectivity index (χ1v) is 7.95. The Morgan fingerprint density at radius 1 is 1.00 bits per heavy atom. The van der Waals surface area contributed by atoms with Gasteiger partial charge in [0.25, 0.3) is 0 Å². The van der Waals surface area contributed by atoms with Crippen LogP contribution in [0, 0.1) is 11.3 Å². The van der Waals surface area contributed by atoms with Gasteiger partial charge in [0.15, 0.2) is 0 Å². The van der Waals surface area contributed by atoms with Crippen molar-refractivity contribution < 1.29 is 9.84 Å². The maximum Gasteiger partial charge on any atom is 0.123 e. The highest BCUT2D eigenvalue weighted by atomic mass is 16.5. The molecule has 0 aliphatic carbocycles. The fraction of sp³-hybridized carbons (Fsp3) is 0.632. The number of nitriles is 1. The molecule has 0 radical (unpaired) electrons. The third kappa shape index (κ3) is 4.94. The van der Waals surface area contributed by atoms with E-state index >= 15 is 0 Å². The van der Waals surface area contributed by atoms with Crippen LogP contribution < -0.4 is 4.74 Å². The highest BCUT2D eigenvalue weighted by Gasteiger charge is 2.26. The second kappa shape index (κ2) is 7.05. The van der Waals surface area contributed by atoms with Crippen LogP contribution in [-0.4, -0.2) is 11.7 Å². The molecule has 0 amide bonds. The van der Waals surface area contributed by atoms with Gasteiger partial charge in [-0.15, -0.1) is 0 Å². The highest BCUT2D eigenvalue weighted by Crippen LogP contribution is 2.41. The van der Waals surface area contributed by atoms with Gasteiger partial charge in [0.1, 0.15) is 11.5 Å². The van der Waals surface area contributed by atoms with Crippen LogP contribution in [0.4, 0.5) is 0 Å². The number of aromatic hydroxyl groups is 1. The fourth-order valence-electron chi connectivity index (χ4n) is 2.33. The molecule has 122 valence electrons. The van der Waals surface area contributed by atoms with Crippen LogP contribution in [0.15, 0.2) is 12.1 Å². The van der Waals surface area contributed by atoms with Gasteiger partial charge in [-0.1, -0.05) is 41.5 Å². The van der Waals surface area contributed by atoms with Crippen molar-refractivity contribution in [3.63, 3.8) is 0 Å². The van der Waals surface area contributed by atoms with Crippen LogP contribution in [-0.2, 0) is 10.8 Å². The van der Waals surface area contributed by atoms with Crippen molar-refractivity contribution in [3.05, 3.63) is 23.3 Å². The lowest BCUT2D eigenvalue weighted by molar-refractivity contribution is 0.304. The van der Waals surface area contributed by atoms with Gasteiger partial charge in [-0.05, 0) is 35.8 Å². The van der Waals surface area contributed by atoms with E-state index in [1.54, 1.807) is 0 Å². The molecule has 0 unspecified atom stereocenters. The van der Waals surface area contributed by atoms with Crippen LogP contribution in [0.5, 0.6) is 11.5 Å². The zero-order chi connectivity index (χ0) is 17.0. The van der Waals surface area contributed by atoms with Crippen LogP contribution in [0.3, 0.4) is 0 Å². The van der Waals surface area contributed by atoms with E-state index in [9.17, 15) is 5.11 Å². The van der Waals surface area contributed by atoms with Crippen LogP contribution in [0.1, 0.15) is 71.9 Å². The topological polar surface area (TPSA) is 53.2 Å². The molecule has 0 saturated heterocycles. The second-order valence-corrected chi connectivity index (χ2v) is 7.83. The Hall–Kier alpha value is -1.69. The Balaban J connectivity index is 3.06. The maximum absolute atomic E-state index is 10.6. The molecule has 0 bridgehead atoms. The van der Waals surface area contributed by atoms with E-state index < -0.39 is 0 Å². The summed E-state index contributed by atoms with van der Waals surface area (Å²) in [6.45, 7) is 13.1. The summed E-state index contributed by atoms with van der Waals surface area (Å²) in [4.78, 5) is 0. The molecule has 1 N–H and O–H groups in total. The van der Waals surface area contributed by atoms with Crippen LogP contribution in [0.2, 0.25) is 0 Å². The summed E-state index contributed by atoms with van der Waals surface area (Å²) in [6.07, 6.45) is 2.29. The third-order valence-corrected chi connectivity index (χ3v) is 3.65. The number of nitrogens with zero attached hydrogens (tertiary/aromatic N) is 1. The predicted molar refractivity (Wildman–Crippen MR) is 90.5 cm³/mol. The molecule has 0 aliphatic rings. The lowest BCUT2D eigenvalue weighted by Crippen LogP contribution is -2.17. The predicted octanol–water partition coefficient (Wildman–Crippen LogP) is 5.06. The van der Waals surface area contributed by atoms with E-state index in [4.69, 9.17) is 10.00 Å². The lowest BCUT2D eigenvalue weighted by atomic mass is 9.79. The minimum absolute atomic E-state index is 0.149. The van der Waals surface area contributed by atoms with Crippen molar-refractivity contribution in [2.75, 3.05) is 6.61 Å². The number of ether oxygens (including phenoxy) is 1. The quantitative estimate of drug-likeness (QED) is 0.773. The molecular weight excluding hydrogens is 274 g/mol. The minimum Gasteiger partial charge on any atom is -0.507 e. The number of phenols is 1. The van der Waals surface area contributed by atoms with Crippen molar-refractivity contribution in [2.45, 2.75) is 71.6 Å². The molecule has 1 aromatic carbocycles. The molecule has 0 spiro atoms. The van der Waals surface area contributed by atoms with E-state index in [0.717, 1.165) is 29.7 Å². The fourth-order valence-corrected chi connectivity index (χ4v) is 2.33. The smallest absolute Gasteiger partial charge is 0.123 e. The standard InChI is InChI=1S/C19H29NO2/c1-18(2,3)15-12-14(22-11-9-7-8-10-20)13-16(17(15)21)19(4,5)6/h12-13,21H,7-9,11H2,1-6H3. The van der Waals surface area contributed by atoms with Crippen molar-refractivity contribution in [1.29, 1.82) is 5.26 Å². The van der Waals surface area contributed by atoms with Gasteiger partial charge in [-0.25, -0.2) is 0 Å². The van der Waals surface area contributed by atoms with Gasteiger partial charge in [-0.2, -0.15) is 5.26 Å². The van der Waals surface area contributed by atoms with Gasteiger partial charge < -0.3 is 9.84 Å². The van der Waals surface area contributed by atoms with Gasteiger partial charge in [0.2, 0.25) is 0 Å². The molecule has 3 heteroatoms. The molecule has 0 aromatic heterocycles. The summed E-state index contributed by atoms with van der Waals surface area (Å²) in [5.41, 5.74) is 1.52. The Morgan fingerprint density at radius 3 is 1.91 bits per heavy atom. The lowest BCUT2D eigenvalue weighted by Gasteiger charge is -2.28. The zero-order valence-electron chi connectivity index (χ0n) is 14.8. The number of hydrogen-bond donors (Lipinski definition) is 1. The summed E-state index contributed by atoms with van der Waals surface area (Å²) >= 11 is 0. The van der Waals surface area contributed by atoms with Gasteiger partial charge >= 0.3 is 0 Å². The normalized spacial score (nSPS) is 12.0. The van der Waals surface area contributed by atoms with Crippen molar-refractivity contribution in [3.8, 4) is 17.6 Å². The molecule has 22 heavy (non-hydrogen) atoms. The summed E-state index contributed by atoms with van der Waals surface area (Å²) in [7, 11) is 0. The van der Waals surface area contributed by atoms with Crippen molar-refractivity contribution in [1.82, 2.24) is 0 Å². The highest BCUT2D eigenvalue weighted by molar-refractivity contribution is 5.51. The summed E-state index contributed by atoms with van der Waals surface area (Å²) < 4.78 is 5.86. The minimum atomic E-state index is -0.149. The van der Waals surface area contributed by atoms with Crippen molar-refractivity contribution >= 4 is 0 Å². The first kappa shape index (κ1) is 18.4. The largest absolute Gasteiger partial charge is 0.507 e. The van der Waals surface area contributed by atoms with Gasteiger partial charge in [-0.3, -0.25) is 0 Å². The molecule has 0 heterocycles. The molecule has 0 fully saturated rings. The second-order valence-electron chi connectivity index (χ2n) is 7.83. The van der Waals surface area contributed by atoms with Crippen molar-refractivity contribution in [2.24, 2.45) is 0 Å². The molecule has 1 aromatic rings. The van der Waals surface area contributed by atoms with Gasteiger partial charge in [0, 0.05) is 17.5 Å². The average molecular weight is 303 g/mol. The molecular formula is C19H29NO2. The first-order chi connectivity index (χ1) is 10.1. The van der Waals surface area contributed by atoms with E-state index in [2.05, 4.69) is 47.6 Å². The van der Waals surface area contributed by atoms with E-state index in [1.165, 1.54) is 0 Å². The van der Waals surface area contributed by atoms with E-state index in [0.29, 0.717) is 18.8 Å². The summed E-state index contributed by atoms with van der Waals surface area (Å²) in [6, 6.07) is 6.02. The number of hydrogen-bond acceptors (Lipinski definition) is 3. The number of phenolic OH excluding ortho intramolecular Hbond substituents is 1. The van der Waals surface area contributed by atoms with E-state index in [-0.39, 0.29) is 10.8 Å². The SMILES string of the molecule is CC(C)(C)c1cc(OCCCCC#N)cc(C(C)(C)C)c1O. The Kier molecular flexibility index (Phi) is 5.88. The molecule has 3 nitrogen and oxygen atoms in total. The molecule has 0 atom stereocenters. The molecule has 0 aliphatic heterocycles. The maximum atomic E-state index is 10.6. The first-order valence-electron chi connectivity index (χ1n) is 7.95. The summed E-state index contributed by atoms with van der Waals surface area (Å²) in [5.74, 6) is 1.17. The van der Waals surface area contributed by atoms with Gasteiger partial charge in [0.05, 0.1) is 12.7 Å². The van der Waals surface area contributed by atoms with Crippen LogP contribution >= 0.6 is 0 Å². The Morgan fingerprint density at radius 2 is 1.50 bits per heavy atom. The number of benzene rings is 1. The number of unbranched alkanes of at least 4 members (excludes halogenated alkanes) is 2. The summed E-state index contributed by atoms with van der Waals surface area (Å²) in [5, 5.41) is 19.2. The number of rotatable bonds is 5. The zero-order valence-corrected chi connectivity index (χ0v) is 14.8. The Labute approximate surface area is 134 Å². The average Bonchev–Trinajstić information content (AvgIpc) is 2.37. The van der Waals surface area contributed by atoms with Crippen LogP contribution in [0.25, 0.3) is 0 Å². The molecule has 0 saturated carbocycles. The van der Waals surface area contributed by atoms with E-state index in [1.807, 2.05) is 12.1 Å². The Bertz CT molecular complexity index is 507. The monoisotopic (exact) mass is 303 g/mol. The molecule has 1 rings (SSSR count).